The fraction of sp³-hybridized carbons (Fsp3) is 0.348. The number of amides is 4. The predicted molar refractivity (Wildman–Crippen MR) is 116 cm³/mol. The maximum absolute atomic E-state index is 13.3. The van der Waals surface area contributed by atoms with Crippen LogP contribution < -0.4 is 19.7 Å². The predicted octanol–water partition coefficient (Wildman–Crippen LogP) is 2.88. The molecule has 0 saturated carbocycles. The van der Waals surface area contributed by atoms with Gasteiger partial charge in [0.05, 0.1) is 26.3 Å². The molecule has 3 rings (SSSR count). The zero-order valence-electron chi connectivity index (χ0n) is 18.2. The van der Waals surface area contributed by atoms with E-state index in [1.165, 1.54) is 12.0 Å². The van der Waals surface area contributed by atoms with E-state index in [4.69, 9.17) is 9.47 Å². The van der Waals surface area contributed by atoms with Crippen LogP contribution in [0.5, 0.6) is 11.5 Å². The molecule has 0 unspecified atom stereocenters. The molecule has 0 bridgehead atoms. The first kappa shape index (κ1) is 22.1. The molecule has 1 aliphatic heterocycles. The van der Waals surface area contributed by atoms with Crippen molar-refractivity contribution < 1.29 is 23.9 Å². The first-order chi connectivity index (χ1) is 14.9. The van der Waals surface area contributed by atoms with Gasteiger partial charge in [-0.15, -0.1) is 0 Å². The van der Waals surface area contributed by atoms with Gasteiger partial charge in [0.15, 0.2) is 11.5 Å². The highest BCUT2D eigenvalue weighted by atomic mass is 16.5. The summed E-state index contributed by atoms with van der Waals surface area (Å²) in [5, 5.41) is 2.70. The maximum atomic E-state index is 13.3. The summed E-state index contributed by atoms with van der Waals surface area (Å²) in [6, 6.07) is 11.1. The maximum Gasteiger partial charge on any atom is 0.332 e. The first-order valence-corrected chi connectivity index (χ1v) is 10.1. The number of ether oxygens (including phenoxy) is 2. The molecule has 0 radical (unpaired) electrons. The van der Waals surface area contributed by atoms with E-state index in [9.17, 15) is 14.4 Å². The molecule has 1 saturated heterocycles. The van der Waals surface area contributed by atoms with Gasteiger partial charge in [-0.05, 0) is 43.7 Å². The lowest BCUT2D eigenvalue weighted by molar-refractivity contribution is -0.127. The largest absolute Gasteiger partial charge is 0.493 e. The van der Waals surface area contributed by atoms with E-state index in [2.05, 4.69) is 5.32 Å². The van der Waals surface area contributed by atoms with Gasteiger partial charge in [-0.3, -0.25) is 9.59 Å². The van der Waals surface area contributed by atoms with Crippen LogP contribution in [0, 0.1) is 6.92 Å². The number of benzene rings is 2. The van der Waals surface area contributed by atoms with Crippen LogP contribution in [-0.4, -0.2) is 49.6 Å². The van der Waals surface area contributed by atoms with Crippen LogP contribution >= 0.6 is 0 Å². The van der Waals surface area contributed by atoms with Gasteiger partial charge < -0.3 is 19.7 Å². The minimum atomic E-state index is -0.895. The van der Waals surface area contributed by atoms with Crippen LogP contribution in [0.4, 0.5) is 10.5 Å². The Kier molecular flexibility index (Phi) is 6.79. The number of hydrogen-bond donors (Lipinski definition) is 1. The summed E-state index contributed by atoms with van der Waals surface area (Å²) in [4.78, 5) is 41.3. The van der Waals surface area contributed by atoms with Gasteiger partial charge in [0.1, 0.15) is 6.04 Å². The molecule has 1 atom stereocenters. The molecule has 2 aromatic carbocycles. The molecule has 31 heavy (non-hydrogen) atoms. The van der Waals surface area contributed by atoms with Gasteiger partial charge in [0, 0.05) is 13.1 Å². The molecule has 1 N–H and O–H groups in total. The Balaban J connectivity index is 1.94. The van der Waals surface area contributed by atoms with Gasteiger partial charge in [-0.2, -0.15) is 0 Å². The Morgan fingerprint density at radius 1 is 1.03 bits per heavy atom. The summed E-state index contributed by atoms with van der Waals surface area (Å²) in [7, 11) is 3.07. The second-order valence-corrected chi connectivity index (χ2v) is 7.28. The Morgan fingerprint density at radius 2 is 1.71 bits per heavy atom. The van der Waals surface area contributed by atoms with E-state index >= 15 is 0 Å². The third-order valence-electron chi connectivity index (χ3n) is 5.16. The van der Waals surface area contributed by atoms with Crippen LogP contribution in [0.2, 0.25) is 0 Å². The molecule has 0 aromatic heterocycles. The van der Waals surface area contributed by atoms with E-state index in [1.807, 2.05) is 19.1 Å². The summed E-state index contributed by atoms with van der Waals surface area (Å²) in [5.41, 5.74) is 2.26. The number of urea groups is 1. The lowest BCUT2D eigenvalue weighted by atomic mass is 10.1. The number of rotatable bonds is 8. The highest BCUT2D eigenvalue weighted by Crippen LogP contribution is 2.31. The van der Waals surface area contributed by atoms with E-state index in [1.54, 1.807) is 44.4 Å². The second kappa shape index (κ2) is 9.51. The number of aryl methyl sites for hydroxylation is 1. The van der Waals surface area contributed by atoms with Gasteiger partial charge in [0.2, 0.25) is 5.91 Å². The van der Waals surface area contributed by atoms with Crippen molar-refractivity contribution in [2.45, 2.75) is 32.9 Å². The van der Waals surface area contributed by atoms with Crippen molar-refractivity contribution >= 4 is 23.5 Å². The Labute approximate surface area is 181 Å². The number of nitrogens with zero attached hydrogens (tertiary/aromatic N) is 2. The average molecular weight is 425 g/mol. The van der Waals surface area contributed by atoms with Crippen molar-refractivity contribution in [3.8, 4) is 11.5 Å². The van der Waals surface area contributed by atoms with Crippen molar-refractivity contribution in [3.05, 3.63) is 53.6 Å². The topological polar surface area (TPSA) is 88.2 Å². The lowest BCUT2D eigenvalue weighted by Gasteiger charge is -2.22. The second-order valence-electron chi connectivity index (χ2n) is 7.28. The molecule has 4 amide bonds. The normalized spacial score (nSPS) is 15.9. The SMILES string of the molecule is CCNC(=O)C[C@@H]1C(=O)N(c2ccc(C)cc2)C(=O)N1Cc1ccc(OC)c(OC)c1. The highest BCUT2D eigenvalue weighted by Gasteiger charge is 2.46. The molecule has 164 valence electrons. The summed E-state index contributed by atoms with van der Waals surface area (Å²) in [6.45, 7) is 4.33. The molecule has 0 aliphatic carbocycles. The fourth-order valence-electron chi connectivity index (χ4n) is 3.57. The summed E-state index contributed by atoms with van der Waals surface area (Å²) < 4.78 is 10.6. The molecule has 8 heteroatoms. The Morgan fingerprint density at radius 3 is 2.32 bits per heavy atom. The zero-order chi connectivity index (χ0) is 22.5. The third kappa shape index (κ3) is 4.63. The monoisotopic (exact) mass is 425 g/mol. The zero-order valence-corrected chi connectivity index (χ0v) is 18.2. The Hall–Kier alpha value is -3.55. The van der Waals surface area contributed by atoms with Crippen molar-refractivity contribution in [2.75, 3.05) is 25.7 Å². The van der Waals surface area contributed by atoms with Crippen LogP contribution in [-0.2, 0) is 16.1 Å². The summed E-state index contributed by atoms with van der Waals surface area (Å²) in [6.07, 6.45) is -0.103. The van der Waals surface area contributed by atoms with Crippen LogP contribution in [0.3, 0.4) is 0 Å². The smallest absolute Gasteiger partial charge is 0.332 e. The highest BCUT2D eigenvalue weighted by molar-refractivity contribution is 6.22. The quantitative estimate of drug-likeness (QED) is 0.657. The van der Waals surface area contributed by atoms with E-state index < -0.39 is 18.0 Å². The minimum Gasteiger partial charge on any atom is -0.493 e. The molecule has 8 nitrogen and oxygen atoms in total. The van der Waals surface area contributed by atoms with E-state index in [-0.39, 0.29) is 18.9 Å². The van der Waals surface area contributed by atoms with Gasteiger partial charge in [0.25, 0.3) is 5.91 Å². The van der Waals surface area contributed by atoms with Crippen molar-refractivity contribution in [1.82, 2.24) is 10.2 Å². The average Bonchev–Trinajstić information content (AvgIpc) is 2.98. The minimum absolute atomic E-state index is 0.103. The molecule has 1 aliphatic rings. The van der Waals surface area contributed by atoms with Crippen molar-refractivity contribution in [2.24, 2.45) is 0 Å². The van der Waals surface area contributed by atoms with Crippen molar-refractivity contribution in [1.29, 1.82) is 0 Å². The van der Waals surface area contributed by atoms with Gasteiger partial charge in [-0.1, -0.05) is 23.8 Å². The van der Waals surface area contributed by atoms with Crippen LogP contribution in [0.15, 0.2) is 42.5 Å². The lowest BCUT2D eigenvalue weighted by Crippen LogP contribution is -2.39. The number of carbonyl (C=O) groups excluding carboxylic acids is 3. The van der Waals surface area contributed by atoms with E-state index in [0.29, 0.717) is 23.7 Å². The molecule has 2 aromatic rings. The number of nitrogens with one attached hydrogen (secondary N) is 1. The molecule has 0 spiro atoms. The molecular formula is C23H27N3O5. The van der Waals surface area contributed by atoms with Gasteiger partial charge >= 0.3 is 6.03 Å². The first-order valence-electron chi connectivity index (χ1n) is 10.1. The third-order valence-corrected chi connectivity index (χ3v) is 5.16. The van der Waals surface area contributed by atoms with Crippen LogP contribution in [0.1, 0.15) is 24.5 Å². The number of methoxy groups -OCH3 is 2. The summed E-state index contributed by atoms with van der Waals surface area (Å²) in [5.74, 6) is 0.390. The number of anilines is 1. The van der Waals surface area contributed by atoms with Gasteiger partial charge in [-0.25, -0.2) is 9.69 Å². The number of carbonyl (C=O) groups is 3. The molecule has 1 heterocycles. The van der Waals surface area contributed by atoms with E-state index in [0.717, 1.165) is 16.0 Å². The van der Waals surface area contributed by atoms with Crippen LogP contribution in [0.25, 0.3) is 0 Å². The molecule has 1 fully saturated rings. The Bertz CT molecular complexity index is 974. The standard InChI is InChI=1S/C23H27N3O5/c1-5-24-21(27)13-18-22(28)26(17-9-6-15(2)7-10-17)23(29)25(18)14-16-8-11-19(30-3)20(12-16)31-4/h6-12,18H,5,13-14H2,1-4H3,(H,24,27)/t18-/m1/s1. The van der Waals surface area contributed by atoms with Crippen molar-refractivity contribution in [3.63, 3.8) is 0 Å². The summed E-state index contributed by atoms with van der Waals surface area (Å²) >= 11 is 0. The number of imide groups is 1. The fourth-order valence-corrected chi connectivity index (χ4v) is 3.57. The number of hydrogen-bond acceptors (Lipinski definition) is 5. The molecular weight excluding hydrogens is 398 g/mol.